The van der Waals surface area contributed by atoms with Gasteiger partial charge in [-0.1, -0.05) is 24.3 Å². The van der Waals surface area contributed by atoms with E-state index >= 15 is 0 Å². The Morgan fingerprint density at radius 1 is 1.27 bits per heavy atom. The van der Waals surface area contributed by atoms with Crippen molar-refractivity contribution in [2.45, 2.75) is 25.8 Å². The number of aryl methyl sites for hydroxylation is 1. The number of carbonyl (C=O) groups excluding carboxylic acids is 1. The molecular weight excluding hydrogens is 279 g/mol. The number of para-hydroxylation sites is 1. The molecular formula is C18H19FN2O. The van der Waals surface area contributed by atoms with Crippen LogP contribution in [0.5, 0.6) is 0 Å². The van der Waals surface area contributed by atoms with Crippen molar-refractivity contribution in [1.82, 2.24) is 0 Å². The van der Waals surface area contributed by atoms with Crippen LogP contribution in [0.2, 0.25) is 0 Å². The maximum atomic E-state index is 13.2. The lowest BCUT2D eigenvalue weighted by Crippen LogP contribution is -2.42. The van der Waals surface area contributed by atoms with E-state index in [0.29, 0.717) is 11.7 Å². The molecule has 3 nitrogen and oxygen atoms in total. The molecule has 0 aromatic heterocycles. The molecule has 0 unspecified atom stereocenters. The maximum absolute atomic E-state index is 13.2. The third kappa shape index (κ3) is 3.11. The Kier molecular flexibility index (Phi) is 4.09. The average molecular weight is 298 g/mol. The fourth-order valence-corrected chi connectivity index (χ4v) is 2.92. The number of nitrogens with zero attached hydrogens (tertiary/aromatic N) is 1. The van der Waals surface area contributed by atoms with Crippen LogP contribution in [0, 0.1) is 5.82 Å². The summed E-state index contributed by atoms with van der Waals surface area (Å²) in [6, 6.07) is 14.5. The van der Waals surface area contributed by atoms with Gasteiger partial charge in [0.15, 0.2) is 0 Å². The molecule has 3 rings (SSSR count). The number of carbonyl (C=O) groups is 1. The molecule has 0 fully saturated rings. The highest BCUT2D eigenvalue weighted by Gasteiger charge is 2.24. The summed E-state index contributed by atoms with van der Waals surface area (Å²) in [5.41, 5.74) is 2.89. The third-order valence-electron chi connectivity index (χ3n) is 4.09. The van der Waals surface area contributed by atoms with Crippen molar-refractivity contribution in [2.24, 2.45) is 0 Å². The summed E-state index contributed by atoms with van der Waals surface area (Å²) < 4.78 is 13.2. The zero-order chi connectivity index (χ0) is 15.5. The van der Waals surface area contributed by atoms with Crippen LogP contribution in [0.3, 0.4) is 0 Å². The molecule has 1 heterocycles. The summed E-state index contributed by atoms with van der Waals surface area (Å²) in [6.45, 7) is 2.40. The van der Waals surface area contributed by atoms with E-state index in [1.165, 1.54) is 17.7 Å². The van der Waals surface area contributed by atoms with E-state index in [0.717, 1.165) is 18.5 Å². The van der Waals surface area contributed by atoms with Crippen LogP contribution in [0.25, 0.3) is 0 Å². The molecule has 0 spiro atoms. The van der Waals surface area contributed by atoms with Gasteiger partial charge in [0.2, 0.25) is 5.91 Å². The first-order valence-corrected chi connectivity index (χ1v) is 7.53. The average Bonchev–Trinajstić information content (AvgIpc) is 2.50. The Morgan fingerprint density at radius 2 is 2.09 bits per heavy atom. The summed E-state index contributed by atoms with van der Waals surface area (Å²) in [5.74, 6) is -0.483. The van der Waals surface area contributed by atoms with Crippen LogP contribution in [0.15, 0.2) is 48.5 Å². The molecule has 1 amide bonds. The lowest BCUT2D eigenvalue weighted by atomic mass is 9.96. The van der Waals surface area contributed by atoms with E-state index in [1.807, 2.05) is 12.1 Å². The fourth-order valence-electron chi connectivity index (χ4n) is 2.92. The standard InChI is InChI=1S/C18H19FN2O/c1-13-9-10-14-5-2-3-8-17(14)21(13)12-18(22)20-16-7-4-6-15(19)11-16/h2-8,11,13H,9-10,12H2,1H3,(H,20,22)/t13-/m1/s1. The van der Waals surface area contributed by atoms with Gasteiger partial charge in [0.1, 0.15) is 5.82 Å². The van der Waals surface area contributed by atoms with Crippen molar-refractivity contribution >= 4 is 17.3 Å². The molecule has 4 heteroatoms. The molecule has 0 saturated heterocycles. The van der Waals surface area contributed by atoms with Crippen molar-refractivity contribution in [3.8, 4) is 0 Å². The number of hydrogen-bond donors (Lipinski definition) is 1. The molecule has 114 valence electrons. The number of hydrogen-bond acceptors (Lipinski definition) is 2. The zero-order valence-corrected chi connectivity index (χ0v) is 12.6. The summed E-state index contributed by atoms with van der Waals surface area (Å²) in [7, 11) is 0. The van der Waals surface area contributed by atoms with Crippen LogP contribution in [0.1, 0.15) is 18.9 Å². The monoisotopic (exact) mass is 298 g/mol. The molecule has 22 heavy (non-hydrogen) atoms. The highest BCUT2D eigenvalue weighted by atomic mass is 19.1. The van der Waals surface area contributed by atoms with E-state index in [1.54, 1.807) is 12.1 Å². The molecule has 1 N–H and O–H groups in total. The third-order valence-corrected chi connectivity index (χ3v) is 4.09. The van der Waals surface area contributed by atoms with Crippen LogP contribution in [0.4, 0.5) is 15.8 Å². The highest BCUT2D eigenvalue weighted by Crippen LogP contribution is 2.30. The van der Waals surface area contributed by atoms with Crippen LogP contribution in [-0.2, 0) is 11.2 Å². The Hall–Kier alpha value is -2.36. The number of halogens is 1. The first kappa shape index (κ1) is 14.6. The van der Waals surface area contributed by atoms with Gasteiger partial charge in [-0.2, -0.15) is 0 Å². The molecule has 1 atom stereocenters. The fraction of sp³-hybridized carbons (Fsp3) is 0.278. The smallest absolute Gasteiger partial charge is 0.243 e. The van der Waals surface area contributed by atoms with E-state index in [9.17, 15) is 9.18 Å². The van der Waals surface area contributed by atoms with Crippen LogP contribution in [-0.4, -0.2) is 18.5 Å². The van der Waals surface area contributed by atoms with Gasteiger partial charge in [0.05, 0.1) is 6.54 Å². The minimum atomic E-state index is -0.352. The number of anilines is 2. The quantitative estimate of drug-likeness (QED) is 0.939. The van der Waals surface area contributed by atoms with Crippen molar-refractivity contribution in [1.29, 1.82) is 0 Å². The summed E-state index contributed by atoms with van der Waals surface area (Å²) in [6.07, 6.45) is 2.07. The summed E-state index contributed by atoms with van der Waals surface area (Å²) in [5, 5.41) is 2.76. The minimum absolute atomic E-state index is 0.130. The molecule has 0 aliphatic carbocycles. The molecule has 0 saturated carbocycles. The number of fused-ring (bicyclic) bond motifs is 1. The summed E-state index contributed by atoms with van der Waals surface area (Å²) >= 11 is 0. The lowest BCUT2D eigenvalue weighted by molar-refractivity contribution is -0.115. The molecule has 0 radical (unpaired) electrons. The van der Waals surface area contributed by atoms with Gasteiger partial charge in [0, 0.05) is 17.4 Å². The van der Waals surface area contributed by atoms with Crippen molar-refractivity contribution in [3.63, 3.8) is 0 Å². The van der Waals surface area contributed by atoms with E-state index in [4.69, 9.17) is 0 Å². The van der Waals surface area contributed by atoms with Gasteiger partial charge in [-0.15, -0.1) is 0 Å². The topological polar surface area (TPSA) is 32.3 Å². The van der Waals surface area contributed by atoms with E-state index < -0.39 is 0 Å². The Morgan fingerprint density at radius 3 is 2.91 bits per heavy atom. The summed E-state index contributed by atoms with van der Waals surface area (Å²) in [4.78, 5) is 14.4. The minimum Gasteiger partial charge on any atom is -0.359 e. The van der Waals surface area contributed by atoms with Crippen molar-refractivity contribution in [3.05, 3.63) is 59.9 Å². The van der Waals surface area contributed by atoms with Crippen molar-refractivity contribution in [2.75, 3.05) is 16.8 Å². The number of amides is 1. The normalized spacial score (nSPS) is 17.0. The lowest BCUT2D eigenvalue weighted by Gasteiger charge is -2.36. The van der Waals surface area contributed by atoms with Gasteiger partial charge < -0.3 is 10.2 Å². The SMILES string of the molecule is C[C@@H]1CCc2ccccc2N1CC(=O)Nc1cccc(F)c1. The van der Waals surface area contributed by atoms with E-state index in [-0.39, 0.29) is 18.3 Å². The highest BCUT2D eigenvalue weighted by molar-refractivity contribution is 5.94. The molecule has 2 aromatic carbocycles. The van der Waals surface area contributed by atoms with Gasteiger partial charge in [0.25, 0.3) is 0 Å². The Labute approximate surface area is 129 Å². The Balaban J connectivity index is 1.73. The predicted octanol–water partition coefficient (Wildman–Crippen LogP) is 3.61. The maximum Gasteiger partial charge on any atom is 0.243 e. The molecule has 0 bridgehead atoms. The van der Waals surface area contributed by atoms with Gasteiger partial charge in [-0.3, -0.25) is 4.79 Å². The second kappa shape index (κ2) is 6.18. The van der Waals surface area contributed by atoms with Gasteiger partial charge in [-0.05, 0) is 49.6 Å². The number of nitrogens with one attached hydrogen (secondary N) is 1. The van der Waals surface area contributed by atoms with Gasteiger partial charge in [-0.25, -0.2) is 4.39 Å². The first-order valence-electron chi connectivity index (χ1n) is 7.53. The van der Waals surface area contributed by atoms with Crippen molar-refractivity contribution < 1.29 is 9.18 Å². The van der Waals surface area contributed by atoms with Crippen LogP contribution < -0.4 is 10.2 Å². The molecule has 2 aromatic rings. The van der Waals surface area contributed by atoms with Crippen LogP contribution >= 0.6 is 0 Å². The van der Waals surface area contributed by atoms with Gasteiger partial charge >= 0.3 is 0 Å². The number of benzene rings is 2. The zero-order valence-electron chi connectivity index (χ0n) is 12.6. The second-order valence-electron chi connectivity index (χ2n) is 5.70. The largest absolute Gasteiger partial charge is 0.359 e. The Bertz CT molecular complexity index is 686. The predicted molar refractivity (Wildman–Crippen MR) is 86.6 cm³/mol. The first-order chi connectivity index (χ1) is 10.6. The van der Waals surface area contributed by atoms with E-state index in [2.05, 4.69) is 29.3 Å². The molecule has 1 aliphatic rings. The second-order valence-corrected chi connectivity index (χ2v) is 5.70. The number of rotatable bonds is 3. The molecule has 1 aliphatic heterocycles.